The molecule has 0 saturated heterocycles. The Morgan fingerprint density at radius 3 is 2.33 bits per heavy atom. The van der Waals surface area contributed by atoms with E-state index in [0.717, 1.165) is 0 Å². The minimum atomic E-state index is -0.462. The van der Waals surface area contributed by atoms with Gasteiger partial charge in [0.15, 0.2) is 0 Å². The Labute approximate surface area is 107 Å². The third-order valence-corrected chi connectivity index (χ3v) is 2.84. The summed E-state index contributed by atoms with van der Waals surface area (Å²) >= 11 is 0. The van der Waals surface area contributed by atoms with Gasteiger partial charge in [-0.15, -0.1) is 0 Å². The number of nitrogens with zero attached hydrogens (tertiary/aromatic N) is 1. The average Bonchev–Trinajstić information content (AvgIpc) is 2.37. The van der Waals surface area contributed by atoms with Crippen LogP contribution in [0, 0.1) is 11.9 Å². The van der Waals surface area contributed by atoms with E-state index in [2.05, 4.69) is 36.3 Å². The van der Waals surface area contributed by atoms with E-state index in [1.54, 1.807) is 12.1 Å². The fourth-order valence-electron chi connectivity index (χ4n) is 1.94. The quantitative estimate of drug-likeness (QED) is 0.821. The molecule has 1 aromatic heterocycles. The zero-order valence-corrected chi connectivity index (χ0v) is 10.6. The molecular weight excluding hydrogens is 227 g/mol. The van der Waals surface area contributed by atoms with Crippen LogP contribution >= 0.6 is 0 Å². The Bertz CT molecular complexity index is 497. The molecule has 1 N–H and O–H groups in total. The largest absolute Gasteiger partial charge is 0.363 e. The number of anilines is 1. The van der Waals surface area contributed by atoms with Gasteiger partial charge in [-0.2, -0.15) is 4.39 Å². The molecule has 0 radical (unpaired) electrons. The Hall–Kier alpha value is -1.90. The molecule has 3 heteroatoms. The molecule has 0 aliphatic heterocycles. The zero-order chi connectivity index (χ0) is 13.0. The summed E-state index contributed by atoms with van der Waals surface area (Å²) in [6, 6.07) is 15.0. The van der Waals surface area contributed by atoms with Gasteiger partial charge in [0.1, 0.15) is 5.82 Å². The number of aromatic nitrogens is 1. The summed E-state index contributed by atoms with van der Waals surface area (Å²) in [6.45, 7) is 4.26. The fraction of sp³-hybridized carbons (Fsp3) is 0.267. The number of hydrogen-bond donors (Lipinski definition) is 1. The minimum Gasteiger partial charge on any atom is -0.363 e. The van der Waals surface area contributed by atoms with Crippen LogP contribution in [0.3, 0.4) is 0 Å². The van der Waals surface area contributed by atoms with Crippen molar-refractivity contribution < 1.29 is 4.39 Å². The Balaban J connectivity index is 2.22. The summed E-state index contributed by atoms with van der Waals surface area (Å²) < 4.78 is 13.1. The zero-order valence-electron chi connectivity index (χ0n) is 10.6. The molecule has 94 valence electrons. The van der Waals surface area contributed by atoms with Crippen molar-refractivity contribution in [3.05, 3.63) is 60.0 Å². The number of rotatable bonds is 4. The second kappa shape index (κ2) is 5.63. The van der Waals surface area contributed by atoms with Crippen molar-refractivity contribution in [1.82, 2.24) is 4.98 Å². The topological polar surface area (TPSA) is 24.9 Å². The van der Waals surface area contributed by atoms with Gasteiger partial charge in [0.05, 0.1) is 6.04 Å². The van der Waals surface area contributed by atoms with Crippen molar-refractivity contribution in [2.45, 2.75) is 19.9 Å². The van der Waals surface area contributed by atoms with Crippen LogP contribution < -0.4 is 5.32 Å². The van der Waals surface area contributed by atoms with Crippen LogP contribution in [0.25, 0.3) is 0 Å². The predicted octanol–water partition coefficient (Wildman–Crippen LogP) is 4.03. The third kappa shape index (κ3) is 3.06. The lowest BCUT2D eigenvalue weighted by molar-refractivity contribution is 0.539. The van der Waals surface area contributed by atoms with E-state index in [1.165, 1.54) is 11.6 Å². The van der Waals surface area contributed by atoms with Crippen LogP contribution in [0.1, 0.15) is 25.5 Å². The van der Waals surface area contributed by atoms with Crippen molar-refractivity contribution in [2.75, 3.05) is 5.32 Å². The maximum absolute atomic E-state index is 13.1. The van der Waals surface area contributed by atoms with Gasteiger partial charge in [0, 0.05) is 0 Å². The number of hydrogen-bond acceptors (Lipinski definition) is 2. The summed E-state index contributed by atoms with van der Waals surface area (Å²) in [5.41, 5.74) is 1.18. The number of halogens is 1. The monoisotopic (exact) mass is 244 g/mol. The molecule has 0 aliphatic rings. The molecule has 0 aliphatic carbocycles. The molecule has 1 atom stereocenters. The average molecular weight is 244 g/mol. The van der Waals surface area contributed by atoms with Gasteiger partial charge in [-0.25, -0.2) is 4.98 Å². The molecule has 1 unspecified atom stereocenters. The number of nitrogens with one attached hydrogen (secondary N) is 1. The lowest BCUT2D eigenvalue weighted by atomic mass is 9.96. The molecular formula is C15H17FN2. The highest BCUT2D eigenvalue weighted by molar-refractivity contribution is 5.38. The Morgan fingerprint density at radius 1 is 1.00 bits per heavy atom. The molecule has 2 aromatic rings. The van der Waals surface area contributed by atoms with E-state index in [9.17, 15) is 4.39 Å². The number of benzene rings is 1. The first kappa shape index (κ1) is 12.6. The highest BCUT2D eigenvalue weighted by Crippen LogP contribution is 2.25. The fourth-order valence-corrected chi connectivity index (χ4v) is 1.94. The van der Waals surface area contributed by atoms with Crippen molar-refractivity contribution in [1.29, 1.82) is 0 Å². The summed E-state index contributed by atoms with van der Waals surface area (Å²) in [5.74, 6) is 0.491. The lowest BCUT2D eigenvalue weighted by Gasteiger charge is -2.23. The number of pyridine rings is 1. The summed E-state index contributed by atoms with van der Waals surface area (Å²) in [6.07, 6.45) is 0. The Morgan fingerprint density at radius 2 is 1.72 bits per heavy atom. The predicted molar refractivity (Wildman–Crippen MR) is 71.8 cm³/mol. The van der Waals surface area contributed by atoms with Crippen LogP contribution in [0.2, 0.25) is 0 Å². The van der Waals surface area contributed by atoms with Gasteiger partial charge in [-0.05, 0) is 23.6 Å². The van der Waals surface area contributed by atoms with Gasteiger partial charge >= 0.3 is 0 Å². The van der Waals surface area contributed by atoms with Crippen LogP contribution in [0.15, 0.2) is 48.5 Å². The first-order chi connectivity index (χ1) is 8.66. The van der Waals surface area contributed by atoms with Gasteiger partial charge < -0.3 is 5.32 Å². The van der Waals surface area contributed by atoms with Gasteiger partial charge in [0.2, 0.25) is 5.95 Å². The van der Waals surface area contributed by atoms with E-state index in [0.29, 0.717) is 11.7 Å². The summed E-state index contributed by atoms with van der Waals surface area (Å²) in [7, 11) is 0. The molecule has 2 rings (SSSR count). The van der Waals surface area contributed by atoms with Crippen molar-refractivity contribution in [2.24, 2.45) is 5.92 Å². The normalized spacial score (nSPS) is 12.4. The minimum absolute atomic E-state index is 0.125. The molecule has 2 nitrogen and oxygen atoms in total. The third-order valence-electron chi connectivity index (χ3n) is 2.84. The van der Waals surface area contributed by atoms with E-state index in [-0.39, 0.29) is 6.04 Å². The second-order valence-corrected chi connectivity index (χ2v) is 4.62. The molecule has 0 bridgehead atoms. The standard InChI is InChI=1S/C15H17FN2/c1-11(2)15(12-7-4-3-5-8-12)18-14-10-6-9-13(16)17-14/h3-11,15H,1-2H3,(H,17,18). The molecule has 0 fully saturated rings. The second-order valence-electron chi connectivity index (χ2n) is 4.62. The van der Waals surface area contributed by atoms with Gasteiger partial charge in [-0.3, -0.25) is 0 Å². The Kier molecular flexibility index (Phi) is 3.92. The van der Waals surface area contributed by atoms with Gasteiger partial charge in [-0.1, -0.05) is 50.2 Å². The van der Waals surface area contributed by atoms with Crippen LogP contribution in [-0.2, 0) is 0 Å². The van der Waals surface area contributed by atoms with Crippen LogP contribution in [0.4, 0.5) is 10.2 Å². The molecule has 1 heterocycles. The molecule has 0 amide bonds. The van der Waals surface area contributed by atoms with Crippen molar-refractivity contribution in [3.8, 4) is 0 Å². The molecule has 1 aromatic carbocycles. The van der Waals surface area contributed by atoms with Crippen molar-refractivity contribution >= 4 is 5.82 Å². The SMILES string of the molecule is CC(C)C(Nc1cccc(F)n1)c1ccccc1. The molecule has 0 spiro atoms. The van der Waals surface area contributed by atoms with Crippen molar-refractivity contribution in [3.63, 3.8) is 0 Å². The summed E-state index contributed by atoms with van der Waals surface area (Å²) in [5, 5.41) is 3.28. The van der Waals surface area contributed by atoms with Crippen LogP contribution in [-0.4, -0.2) is 4.98 Å². The molecule has 18 heavy (non-hydrogen) atoms. The highest BCUT2D eigenvalue weighted by Gasteiger charge is 2.15. The maximum atomic E-state index is 13.1. The summed E-state index contributed by atoms with van der Waals surface area (Å²) in [4.78, 5) is 3.84. The maximum Gasteiger partial charge on any atom is 0.214 e. The lowest BCUT2D eigenvalue weighted by Crippen LogP contribution is -2.17. The van der Waals surface area contributed by atoms with E-state index < -0.39 is 5.95 Å². The first-order valence-corrected chi connectivity index (χ1v) is 6.11. The van der Waals surface area contributed by atoms with Crippen LogP contribution in [0.5, 0.6) is 0 Å². The molecule has 0 saturated carbocycles. The van der Waals surface area contributed by atoms with E-state index in [4.69, 9.17) is 0 Å². The smallest absolute Gasteiger partial charge is 0.214 e. The first-order valence-electron chi connectivity index (χ1n) is 6.11. The van der Waals surface area contributed by atoms with E-state index >= 15 is 0 Å². The van der Waals surface area contributed by atoms with E-state index in [1.807, 2.05) is 18.2 Å². The highest BCUT2D eigenvalue weighted by atomic mass is 19.1. The van der Waals surface area contributed by atoms with Gasteiger partial charge in [0.25, 0.3) is 0 Å².